The Bertz CT molecular complexity index is 378. The van der Waals surface area contributed by atoms with Gasteiger partial charge in [0.15, 0.2) is 0 Å². The Hall–Kier alpha value is -0.730. The third kappa shape index (κ3) is 2.16. The molecule has 1 saturated carbocycles. The molecule has 3 heteroatoms. The fourth-order valence-corrected chi connectivity index (χ4v) is 3.20. The van der Waals surface area contributed by atoms with Crippen molar-refractivity contribution in [3.63, 3.8) is 0 Å². The number of ether oxygens (including phenoxy) is 1. The van der Waals surface area contributed by atoms with Crippen LogP contribution in [0.3, 0.4) is 0 Å². The molecule has 1 aromatic rings. The van der Waals surface area contributed by atoms with Crippen molar-refractivity contribution in [3.8, 4) is 0 Å². The number of anilines is 1. The molecule has 2 unspecified atom stereocenters. The van der Waals surface area contributed by atoms with Crippen LogP contribution >= 0.6 is 11.6 Å². The Labute approximate surface area is 108 Å². The summed E-state index contributed by atoms with van der Waals surface area (Å²) in [6, 6.07) is 9.23. The van der Waals surface area contributed by atoms with E-state index in [2.05, 4.69) is 29.2 Å². The molecular formula is C14H18ClNO. The predicted octanol–water partition coefficient (Wildman–Crippen LogP) is 3.18. The highest BCUT2D eigenvalue weighted by Crippen LogP contribution is 2.33. The lowest BCUT2D eigenvalue weighted by Crippen LogP contribution is -2.48. The van der Waals surface area contributed by atoms with Crippen molar-refractivity contribution in [3.05, 3.63) is 29.8 Å². The Morgan fingerprint density at radius 2 is 2.06 bits per heavy atom. The van der Waals surface area contributed by atoms with Gasteiger partial charge in [-0.1, -0.05) is 12.1 Å². The first-order valence-corrected chi connectivity index (χ1v) is 6.95. The van der Waals surface area contributed by atoms with E-state index in [-0.39, 0.29) is 0 Å². The minimum atomic E-state index is 0.455. The van der Waals surface area contributed by atoms with Crippen LogP contribution in [0.1, 0.15) is 24.8 Å². The summed E-state index contributed by atoms with van der Waals surface area (Å²) in [6.45, 7) is 1.87. The van der Waals surface area contributed by atoms with E-state index >= 15 is 0 Å². The lowest BCUT2D eigenvalue weighted by Gasteiger charge is -2.39. The SMILES string of the molecule is ClCc1ccc(N2CCOC3CCCC32)cc1. The van der Waals surface area contributed by atoms with Gasteiger partial charge in [0.25, 0.3) is 0 Å². The number of alkyl halides is 1. The highest BCUT2D eigenvalue weighted by atomic mass is 35.5. The lowest BCUT2D eigenvalue weighted by molar-refractivity contribution is 0.0256. The standard InChI is InChI=1S/C14H18ClNO/c15-10-11-4-6-12(7-5-11)16-8-9-17-14-3-1-2-13(14)16/h4-7,13-14H,1-3,8-10H2. The van der Waals surface area contributed by atoms with E-state index in [1.165, 1.54) is 30.5 Å². The molecule has 0 amide bonds. The van der Waals surface area contributed by atoms with Gasteiger partial charge in [-0.25, -0.2) is 0 Å². The summed E-state index contributed by atoms with van der Waals surface area (Å²) < 4.78 is 5.84. The molecule has 3 rings (SSSR count). The Kier molecular flexibility index (Phi) is 3.26. The molecule has 0 radical (unpaired) electrons. The topological polar surface area (TPSA) is 12.5 Å². The van der Waals surface area contributed by atoms with Gasteiger partial charge in [0.05, 0.1) is 18.8 Å². The van der Waals surface area contributed by atoms with Gasteiger partial charge < -0.3 is 9.64 Å². The summed E-state index contributed by atoms with van der Waals surface area (Å²) in [5.74, 6) is 0.593. The van der Waals surface area contributed by atoms with Gasteiger partial charge in [-0.05, 0) is 37.0 Å². The molecule has 0 spiro atoms. The molecular weight excluding hydrogens is 234 g/mol. The molecule has 2 nitrogen and oxygen atoms in total. The molecule has 0 aromatic heterocycles. The van der Waals surface area contributed by atoms with E-state index in [1.807, 2.05) is 0 Å². The average molecular weight is 252 g/mol. The quantitative estimate of drug-likeness (QED) is 0.749. The molecule has 1 heterocycles. The number of hydrogen-bond donors (Lipinski definition) is 0. The Morgan fingerprint density at radius 1 is 1.24 bits per heavy atom. The van der Waals surface area contributed by atoms with Gasteiger partial charge in [0, 0.05) is 18.1 Å². The number of morpholine rings is 1. The van der Waals surface area contributed by atoms with Crippen molar-refractivity contribution >= 4 is 17.3 Å². The fraction of sp³-hybridized carbons (Fsp3) is 0.571. The van der Waals surface area contributed by atoms with E-state index in [1.54, 1.807) is 0 Å². The summed E-state index contributed by atoms with van der Waals surface area (Å²) in [7, 11) is 0. The van der Waals surface area contributed by atoms with Crippen LogP contribution in [0.4, 0.5) is 5.69 Å². The summed E-state index contributed by atoms with van der Waals surface area (Å²) in [5, 5.41) is 0. The Morgan fingerprint density at radius 3 is 2.82 bits per heavy atom. The van der Waals surface area contributed by atoms with Gasteiger partial charge >= 0.3 is 0 Å². The first kappa shape index (κ1) is 11.4. The molecule has 92 valence electrons. The summed E-state index contributed by atoms with van der Waals surface area (Å²) in [4.78, 5) is 2.51. The molecule has 2 atom stereocenters. The summed E-state index contributed by atoms with van der Waals surface area (Å²) in [6.07, 6.45) is 4.24. The van der Waals surface area contributed by atoms with Crippen molar-refractivity contribution in [2.75, 3.05) is 18.1 Å². The van der Waals surface area contributed by atoms with E-state index < -0.39 is 0 Å². The van der Waals surface area contributed by atoms with Crippen molar-refractivity contribution in [2.45, 2.75) is 37.3 Å². The van der Waals surface area contributed by atoms with E-state index in [4.69, 9.17) is 16.3 Å². The van der Waals surface area contributed by atoms with Crippen molar-refractivity contribution in [1.82, 2.24) is 0 Å². The van der Waals surface area contributed by atoms with Gasteiger partial charge in [0.1, 0.15) is 0 Å². The second-order valence-corrected chi connectivity index (χ2v) is 5.17. The first-order valence-electron chi connectivity index (χ1n) is 6.41. The summed E-state index contributed by atoms with van der Waals surface area (Å²) in [5.41, 5.74) is 2.51. The third-order valence-electron chi connectivity index (χ3n) is 3.90. The van der Waals surface area contributed by atoms with Crippen LogP contribution in [-0.2, 0) is 10.6 Å². The predicted molar refractivity (Wildman–Crippen MR) is 70.7 cm³/mol. The average Bonchev–Trinajstić information content (AvgIpc) is 2.87. The van der Waals surface area contributed by atoms with Crippen LogP contribution in [0.25, 0.3) is 0 Å². The van der Waals surface area contributed by atoms with Gasteiger partial charge in [-0.3, -0.25) is 0 Å². The van der Waals surface area contributed by atoms with Crippen molar-refractivity contribution < 1.29 is 4.74 Å². The number of nitrogens with zero attached hydrogens (tertiary/aromatic N) is 1. The monoisotopic (exact) mass is 251 g/mol. The molecule has 1 aliphatic heterocycles. The van der Waals surface area contributed by atoms with E-state index in [0.29, 0.717) is 18.0 Å². The fourth-order valence-electron chi connectivity index (χ4n) is 3.02. The second-order valence-electron chi connectivity index (χ2n) is 4.90. The van der Waals surface area contributed by atoms with Crippen LogP contribution in [0.2, 0.25) is 0 Å². The van der Waals surface area contributed by atoms with E-state index in [0.717, 1.165) is 13.2 Å². The molecule has 17 heavy (non-hydrogen) atoms. The molecule has 0 N–H and O–H groups in total. The molecule has 0 bridgehead atoms. The number of halogens is 1. The van der Waals surface area contributed by atoms with Crippen molar-refractivity contribution in [1.29, 1.82) is 0 Å². The largest absolute Gasteiger partial charge is 0.374 e. The number of rotatable bonds is 2. The molecule has 1 aliphatic carbocycles. The molecule has 2 fully saturated rings. The molecule has 1 aromatic carbocycles. The van der Waals surface area contributed by atoms with Gasteiger partial charge in [-0.15, -0.1) is 11.6 Å². The normalized spacial score (nSPS) is 28.2. The molecule has 2 aliphatic rings. The van der Waals surface area contributed by atoms with Crippen LogP contribution in [0, 0.1) is 0 Å². The second kappa shape index (κ2) is 4.87. The number of hydrogen-bond acceptors (Lipinski definition) is 2. The minimum absolute atomic E-state index is 0.455. The van der Waals surface area contributed by atoms with E-state index in [9.17, 15) is 0 Å². The van der Waals surface area contributed by atoms with Crippen LogP contribution in [-0.4, -0.2) is 25.3 Å². The zero-order chi connectivity index (χ0) is 11.7. The maximum absolute atomic E-state index is 5.84. The number of benzene rings is 1. The minimum Gasteiger partial charge on any atom is -0.374 e. The Balaban J connectivity index is 1.81. The highest BCUT2D eigenvalue weighted by Gasteiger charge is 2.35. The summed E-state index contributed by atoms with van der Waals surface area (Å²) >= 11 is 5.82. The number of fused-ring (bicyclic) bond motifs is 1. The third-order valence-corrected chi connectivity index (χ3v) is 4.21. The zero-order valence-corrected chi connectivity index (χ0v) is 10.7. The smallest absolute Gasteiger partial charge is 0.0779 e. The van der Waals surface area contributed by atoms with Gasteiger partial charge in [-0.2, -0.15) is 0 Å². The van der Waals surface area contributed by atoms with Crippen molar-refractivity contribution in [2.24, 2.45) is 0 Å². The van der Waals surface area contributed by atoms with Crippen LogP contribution < -0.4 is 4.90 Å². The van der Waals surface area contributed by atoms with Crippen LogP contribution in [0.15, 0.2) is 24.3 Å². The first-order chi connectivity index (χ1) is 8.38. The molecule has 1 saturated heterocycles. The zero-order valence-electron chi connectivity index (χ0n) is 9.94. The lowest BCUT2D eigenvalue weighted by atomic mass is 10.1. The van der Waals surface area contributed by atoms with Gasteiger partial charge in [0.2, 0.25) is 0 Å². The van der Waals surface area contributed by atoms with Crippen LogP contribution in [0.5, 0.6) is 0 Å². The highest BCUT2D eigenvalue weighted by molar-refractivity contribution is 6.17. The maximum atomic E-state index is 5.84. The maximum Gasteiger partial charge on any atom is 0.0779 e.